The average Bonchev–Trinajstić information content (AvgIpc) is 3.31. The van der Waals surface area contributed by atoms with E-state index in [0.717, 1.165) is 10.9 Å². The van der Waals surface area contributed by atoms with Crippen LogP contribution in [0.4, 0.5) is 16.0 Å². The molecule has 8 nitrogen and oxygen atoms in total. The molecule has 29 heavy (non-hydrogen) atoms. The maximum atomic E-state index is 14.6. The van der Waals surface area contributed by atoms with Crippen molar-refractivity contribution in [2.24, 2.45) is 7.05 Å². The Balaban J connectivity index is 1.64. The minimum absolute atomic E-state index is 0.190. The normalized spacial score (nSPS) is 11.0. The Bertz CT molecular complexity index is 1220. The number of nitrogens with one attached hydrogen (secondary N) is 3. The van der Waals surface area contributed by atoms with Crippen LogP contribution in [0, 0.1) is 5.82 Å². The lowest BCUT2D eigenvalue weighted by atomic mass is 10.1. The van der Waals surface area contributed by atoms with Gasteiger partial charge in [0.25, 0.3) is 5.91 Å². The van der Waals surface area contributed by atoms with E-state index in [4.69, 9.17) is 11.6 Å². The van der Waals surface area contributed by atoms with Gasteiger partial charge < -0.3 is 10.6 Å². The lowest BCUT2D eigenvalue weighted by Gasteiger charge is -2.07. The number of fused-ring (bicyclic) bond motifs is 1. The molecule has 0 saturated heterocycles. The van der Waals surface area contributed by atoms with Crippen LogP contribution in [0.25, 0.3) is 22.3 Å². The molecule has 10 heteroatoms. The first-order chi connectivity index (χ1) is 14.0. The lowest BCUT2D eigenvalue weighted by molar-refractivity contribution is 0.0955. The van der Waals surface area contributed by atoms with Crippen LogP contribution >= 0.6 is 11.6 Å². The van der Waals surface area contributed by atoms with Gasteiger partial charge in [0.2, 0.25) is 5.95 Å². The Morgan fingerprint density at radius 1 is 1.31 bits per heavy atom. The number of aromatic amines is 1. The molecule has 148 valence electrons. The molecule has 4 aromatic rings. The number of benzene rings is 2. The number of aromatic nitrogens is 5. The first-order valence-corrected chi connectivity index (χ1v) is 9.23. The van der Waals surface area contributed by atoms with Crippen LogP contribution in [-0.4, -0.2) is 37.4 Å². The van der Waals surface area contributed by atoms with E-state index in [0.29, 0.717) is 23.2 Å². The molecule has 0 radical (unpaired) electrons. The molecule has 0 bridgehead atoms. The molecule has 2 heterocycles. The number of halogens is 2. The second-order valence-electron chi connectivity index (χ2n) is 6.32. The summed E-state index contributed by atoms with van der Waals surface area (Å²) < 4.78 is 16.1. The highest BCUT2D eigenvalue weighted by Crippen LogP contribution is 2.32. The smallest absolute Gasteiger partial charge is 0.251 e. The van der Waals surface area contributed by atoms with Gasteiger partial charge in [0.15, 0.2) is 5.82 Å². The van der Waals surface area contributed by atoms with E-state index in [-0.39, 0.29) is 22.9 Å². The summed E-state index contributed by atoms with van der Waals surface area (Å²) in [5.41, 5.74) is 1.86. The van der Waals surface area contributed by atoms with E-state index in [1.54, 1.807) is 26.2 Å². The number of hydrogen-bond donors (Lipinski definition) is 3. The summed E-state index contributed by atoms with van der Waals surface area (Å²) in [5, 5.41) is 18.1. The average molecular weight is 414 g/mol. The van der Waals surface area contributed by atoms with Crippen molar-refractivity contribution in [2.75, 3.05) is 11.9 Å². The molecule has 4 rings (SSSR count). The Labute approximate surface area is 170 Å². The Kier molecular flexibility index (Phi) is 4.89. The van der Waals surface area contributed by atoms with Gasteiger partial charge in [0.1, 0.15) is 5.82 Å². The highest BCUT2D eigenvalue weighted by Gasteiger charge is 2.17. The van der Waals surface area contributed by atoms with Gasteiger partial charge in [0, 0.05) is 24.5 Å². The quantitative estimate of drug-likeness (QED) is 0.463. The summed E-state index contributed by atoms with van der Waals surface area (Å²) in [6.45, 7) is 2.26. The van der Waals surface area contributed by atoms with Gasteiger partial charge >= 0.3 is 0 Å². The number of carbonyl (C=O) groups excluding carboxylic acids is 1. The molecule has 0 saturated carbocycles. The van der Waals surface area contributed by atoms with Gasteiger partial charge in [-0.1, -0.05) is 11.6 Å². The van der Waals surface area contributed by atoms with E-state index in [1.807, 2.05) is 6.07 Å². The molecule has 3 N–H and O–H groups in total. The number of hydrogen-bond acceptors (Lipinski definition) is 5. The van der Waals surface area contributed by atoms with Gasteiger partial charge in [-0.2, -0.15) is 10.1 Å². The first-order valence-electron chi connectivity index (χ1n) is 8.85. The highest BCUT2D eigenvalue weighted by atomic mass is 35.5. The van der Waals surface area contributed by atoms with Crippen LogP contribution in [0.5, 0.6) is 0 Å². The summed E-state index contributed by atoms with van der Waals surface area (Å²) in [7, 11) is 1.68. The number of nitrogens with zero attached hydrogens (tertiary/aromatic N) is 4. The molecule has 2 aromatic carbocycles. The van der Waals surface area contributed by atoms with Crippen molar-refractivity contribution >= 4 is 40.0 Å². The van der Waals surface area contributed by atoms with Crippen molar-refractivity contribution in [3.63, 3.8) is 0 Å². The fourth-order valence-corrected chi connectivity index (χ4v) is 3.17. The van der Waals surface area contributed by atoms with Crippen molar-refractivity contribution in [1.82, 2.24) is 30.3 Å². The lowest BCUT2D eigenvalue weighted by Crippen LogP contribution is -2.22. The molecule has 0 aliphatic carbocycles. The molecular weight excluding hydrogens is 397 g/mol. The second kappa shape index (κ2) is 7.51. The van der Waals surface area contributed by atoms with Crippen molar-refractivity contribution in [3.05, 3.63) is 52.9 Å². The Hall–Kier alpha value is -3.46. The van der Waals surface area contributed by atoms with E-state index < -0.39 is 5.82 Å². The zero-order valence-electron chi connectivity index (χ0n) is 15.6. The fraction of sp³-hybridized carbons (Fsp3) is 0.158. The molecule has 0 spiro atoms. The standard InChI is InChI=1S/C19H17ClFN7O/c1-3-22-18(29)10-4-5-11(13(21)8-10)17-25-19(28(2)27-17)24-15-7-6-14-12(16(15)20)9-23-26-14/h4-9H,3H2,1-2H3,(H,22,29)(H,23,26)(H,24,25,27). The summed E-state index contributed by atoms with van der Waals surface area (Å²) in [6.07, 6.45) is 1.64. The summed E-state index contributed by atoms with van der Waals surface area (Å²) in [4.78, 5) is 16.2. The third-order valence-electron chi connectivity index (χ3n) is 4.38. The van der Waals surface area contributed by atoms with Crippen LogP contribution in [-0.2, 0) is 7.05 Å². The third kappa shape index (κ3) is 3.52. The van der Waals surface area contributed by atoms with Crippen LogP contribution in [0.3, 0.4) is 0 Å². The minimum Gasteiger partial charge on any atom is -0.352 e. The van der Waals surface area contributed by atoms with Gasteiger partial charge in [0.05, 0.1) is 28.0 Å². The fourth-order valence-electron chi connectivity index (χ4n) is 2.91. The second-order valence-corrected chi connectivity index (χ2v) is 6.70. The summed E-state index contributed by atoms with van der Waals surface area (Å²) in [6, 6.07) is 7.83. The van der Waals surface area contributed by atoms with Crippen LogP contribution in [0.15, 0.2) is 36.5 Å². The zero-order valence-corrected chi connectivity index (χ0v) is 16.4. The topological polar surface area (TPSA) is 101 Å². The molecule has 0 unspecified atom stereocenters. The van der Waals surface area contributed by atoms with E-state index in [9.17, 15) is 9.18 Å². The first kappa shape index (κ1) is 18.9. The number of H-pyrrole nitrogens is 1. The third-order valence-corrected chi connectivity index (χ3v) is 4.78. The van der Waals surface area contributed by atoms with E-state index in [2.05, 4.69) is 30.9 Å². The monoisotopic (exact) mass is 413 g/mol. The number of rotatable bonds is 5. The maximum Gasteiger partial charge on any atom is 0.251 e. The van der Waals surface area contributed by atoms with Crippen molar-refractivity contribution in [3.8, 4) is 11.4 Å². The van der Waals surface area contributed by atoms with Crippen LogP contribution < -0.4 is 10.6 Å². The van der Waals surface area contributed by atoms with E-state index >= 15 is 0 Å². The molecule has 0 aliphatic rings. The van der Waals surface area contributed by atoms with Crippen molar-refractivity contribution in [2.45, 2.75) is 6.92 Å². The largest absolute Gasteiger partial charge is 0.352 e. The minimum atomic E-state index is -0.580. The van der Waals surface area contributed by atoms with Crippen molar-refractivity contribution < 1.29 is 9.18 Å². The molecule has 0 aliphatic heterocycles. The molecule has 0 atom stereocenters. The highest BCUT2D eigenvalue weighted by molar-refractivity contribution is 6.38. The molecule has 2 aromatic heterocycles. The molecular formula is C19H17ClFN7O. The number of aryl methyl sites for hydroxylation is 1. The molecule has 1 amide bonds. The number of carbonyl (C=O) groups is 1. The zero-order chi connectivity index (χ0) is 20.5. The van der Waals surface area contributed by atoms with Gasteiger partial charge in [-0.3, -0.25) is 9.89 Å². The van der Waals surface area contributed by atoms with E-state index in [1.165, 1.54) is 22.9 Å². The predicted molar refractivity (Wildman–Crippen MR) is 109 cm³/mol. The van der Waals surface area contributed by atoms with Crippen LogP contribution in [0.2, 0.25) is 5.02 Å². The Morgan fingerprint density at radius 3 is 2.90 bits per heavy atom. The van der Waals surface area contributed by atoms with Gasteiger partial charge in [-0.15, -0.1) is 5.10 Å². The molecule has 0 fully saturated rings. The van der Waals surface area contributed by atoms with Gasteiger partial charge in [-0.25, -0.2) is 9.07 Å². The maximum absolute atomic E-state index is 14.6. The predicted octanol–water partition coefficient (Wildman–Crippen LogP) is 3.64. The van der Waals surface area contributed by atoms with Gasteiger partial charge in [-0.05, 0) is 37.3 Å². The number of amides is 1. The van der Waals surface area contributed by atoms with Crippen molar-refractivity contribution in [1.29, 1.82) is 0 Å². The summed E-state index contributed by atoms with van der Waals surface area (Å²) >= 11 is 6.43. The number of anilines is 2. The Morgan fingerprint density at radius 2 is 2.14 bits per heavy atom. The summed E-state index contributed by atoms with van der Waals surface area (Å²) in [5.74, 6) is -0.338. The SMILES string of the molecule is CCNC(=O)c1ccc(-c2nc(Nc3ccc4[nH]ncc4c3Cl)n(C)n2)c(F)c1. The van der Waals surface area contributed by atoms with Crippen LogP contribution in [0.1, 0.15) is 17.3 Å².